The van der Waals surface area contributed by atoms with Crippen molar-refractivity contribution in [1.82, 2.24) is 5.32 Å². The predicted octanol–water partition coefficient (Wildman–Crippen LogP) is 0.641. The van der Waals surface area contributed by atoms with Gasteiger partial charge in [-0.25, -0.2) is 0 Å². The highest BCUT2D eigenvalue weighted by molar-refractivity contribution is 5.68. The summed E-state index contributed by atoms with van der Waals surface area (Å²) in [5.74, 6) is -0.157. The second kappa shape index (κ2) is 8.51. The van der Waals surface area contributed by atoms with Crippen molar-refractivity contribution in [2.75, 3.05) is 20.8 Å². The summed E-state index contributed by atoms with van der Waals surface area (Å²) in [5, 5.41) is 12.9. The molecule has 16 heavy (non-hydrogen) atoms. The van der Waals surface area contributed by atoms with E-state index < -0.39 is 4.92 Å². The van der Waals surface area contributed by atoms with Gasteiger partial charge in [-0.15, -0.1) is 0 Å². The first-order valence-corrected chi connectivity index (χ1v) is 4.80. The molecule has 0 aliphatic carbocycles. The van der Waals surface area contributed by atoms with Gasteiger partial charge in [0, 0.05) is 13.0 Å². The first kappa shape index (κ1) is 14.2. The lowest BCUT2D eigenvalue weighted by molar-refractivity contribution is -0.405. The fraction of sp³-hybridized carbons (Fsp3) is 0.667. The van der Waals surface area contributed by atoms with E-state index in [1.54, 1.807) is 0 Å². The summed E-state index contributed by atoms with van der Waals surface area (Å²) in [6.07, 6.45) is 2.46. The Morgan fingerprint density at radius 3 is 2.56 bits per heavy atom. The minimum atomic E-state index is -0.597. The van der Waals surface area contributed by atoms with E-state index in [-0.39, 0.29) is 11.9 Å². The number of esters is 1. The van der Waals surface area contributed by atoms with Gasteiger partial charge >= 0.3 is 5.97 Å². The summed E-state index contributed by atoms with van der Waals surface area (Å²) in [6.45, 7) is 0.504. The molecular formula is C9H16N2O5. The molecule has 0 spiro atoms. The summed E-state index contributed by atoms with van der Waals surface area (Å²) in [7, 11) is 2.68. The summed E-state index contributed by atoms with van der Waals surface area (Å²) in [6, 6.07) is 0. The van der Waals surface area contributed by atoms with Gasteiger partial charge in [-0.3, -0.25) is 14.9 Å². The molecule has 0 aromatic carbocycles. The smallest absolute Gasteiger partial charge is 0.305 e. The minimum Gasteiger partial charge on any atom is -0.478 e. The number of hydrogen-bond donors (Lipinski definition) is 1. The second-order valence-electron chi connectivity index (χ2n) is 2.94. The van der Waals surface area contributed by atoms with E-state index in [2.05, 4.69) is 10.1 Å². The Morgan fingerprint density at radius 1 is 1.38 bits per heavy atom. The Morgan fingerprint density at radius 2 is 2.06 bits per heavy atom. The van der Waals surface area contributed by atoms with Gasteiger partial charge in [-0.05, 0) is 12.8 Å². The maximum atomic E-state index is 10.7. The van der Waals surface area contributed by atoms with Gasteiger partial charge in [0.2, 0.25) is 0 Å². The zero-order valence-corrected chi connectivity index (χ0v) is 9.39. The number of carbonyl (C=O) groups excluding carboxylic acids is 1. The zero-order chi connectivity index (χ0) is 12.4. The van der Waals surface area contributed by atoms with Crippen LogP contribution in [0.5, 0.6) is 0 Å². The molecule has 7 nitrogen and oxygen atoms in total. The van der Waals surface area contributed by atoms with Gasteiger partial charge in [0.25, 0.3) is 12.1 Å². The lowest BCUT2D eigenvalue weighted by atomic mass is 10.2. The normalized spacial score (nSPS) is 10.8. The van der Waals surface area contributed by atoms with Gasteiger partial charge in [0.1, 0.15) is 0 Å². The molecule has 0 atom stereocenters. The van der Waals surface area contributed by atoms with E-state index in [4.69, 9.17) is 4.74 Å². The van der Waals surface area contributed by atoms with Gasteiger partial charge in [0.15, 0.2) is 0 Å². The lowest BCUT2D eigenvalue weighted by Gasteiger charge is -2.06. The average molecular weight is 232 g/mol. The maximum absolute atomic E-state index is 10.7. The molecule has 0 rings (SSSR count). The van der Waals surface area contributed by atoms with Crippen LogP contribution < -0.4 is 5.32 Å². The lowest BCUT2D eigenvalue weighted by Crippen LogP contribution is -2.17. The van der Waals surface area contributed by atoms with Crippen molar-refractivity contribution in [3.8, 4) is 0 Å². The number of nitrogens with one attached hydrogen (secondary N) is 1. The van der Waals surface area contributed by atoms with Crippen LogP contribution in [0, 0.1) is 10.1 Å². The Labute approximate surface area is 93.6 Å². The molecule has 0 saturated heterocycles. The number of nitrogens with zero attached hydrogens (tertiary/aromatic N) is 1. The van der Waals surface area contributed by atoms with Gasteiger partial charge in [-0.2, -0.15) is 0 Å². The fourth-order valence-electron chi connectivity index (χ4n) is 0.974. The number of methoxy groups -OCH3 is 2. The first-order chi connectivity index (χ1) is 7.60. The van der Waals surface area contributed by atoms with Crippen LogP contribution in [0.25, 0.3) is 0 Å². The molecule has 0 aliphatic rings. The number of ether oxygens (including phenoxy) is 2. The third-order valence-corrected chi connectivity index (χ3v) is 1.78. The molecule has 0 heterocycles. The van der Waals surface area contributed by atoms with Gasteiger partial charge < -0.3 is 14.8 Å². The van der Waals surface area contributed by atoms with Crippen molar-refractivity contribution < 1.29 is 19.2 Å². The van der Waals surface area contributed by atoms with Crippen molar-refractivity contribution in [2.24, 2.45) is 0 Å². The highest BCUT2D eigenvalue weighted by Crippen LogP contribution is 1.97. The molecule has 0 amide bonds. The van der Waals surface area contributed by atoms with Crippen LogP contribution in [-0.4, -0.2) is 31.7 Å². The molecule has 0 aromatic rings. The summed E-state index contributed by atoms with van der Waals surface area (Å²) in [5.41, 5.74) is 0. The minimum absolute atomic E-state index is 0.100. The van der Waals surface area contributed by atoms with Crippen LogP contribution in [0.15, 0.2) is 12.1 Å². The van der Waals surface area contributed by atoms with Crippen LogP contribution in [0.2, 0.25) is 0 Å². The standard InChI is InChI=1S/C9H16N2O5/c1-15-8(7-11(13)14)10-6-4-3-5-9(12)16-2/h7,10H,3-6H2,1-2H3/b8-7+. The number of unbranched alkanes of at least 4 members (excludes halogenated alkanes) is 1. The molecule has 0 aliphatic heterocycles. The van der Waals surface area contributed by atoms with Gasteiger partial charge in [-0.1, -0.05) is 0 Å². The monoisotopic (exact) mass is 232 g/mol. The molecule has 0 unspecified atom stereocenters. The van der Waals surface area contributed by atoms with Crippen molar-refractivity contribution in [3.05, 3.63) is 22.2 Å². The largest absolute Gasteiger partial charge is 0.478 e. The Kier molecular flexibility index (Phi) is 7.56. The molecular weight excluding hydrogens is 216 g/mol. The van der Waals surface area contributed by atoms with Crippen LogP contribution in [0.4, 0.5) is 0 Å². The quantitative estimate of drug-likeness (QED) is 0.217. The van der Waals surface area contributed by atoms with E-state index in [1.165, 1.54) is 14.2 Å². The van der Waals surface area contributed by atoms with Crippen LogP contribution in [0.1, 0.15) is 19.3 Å². The highest BCUT2D eigenvalue weighted by atomic mass is 16.6. The highest BCUT2D eigenvalue weighted by Gasteiger charge is 2.02. The number of carbonyl (C=O) groups is 1. The van der Waals surface area contributed by atoms with E-state index in [1.807, 2.05) is 0 Å². The SMILES string of the molecule is COC(=O)CCCCN/C(=C\[N+](=O)[O-])OC. The van der Waals surface area contributed by atoms with E-state index in [0.717, 1.165) is 6.20 Å². The fourth-order valence-corrected chi connectivity index (χ4v) is 0.974. The Bertz CT molecular complexity index is 265. The summed E-state index contributed by atoms with van der Waals surface area (Å²) < 4.78 is 9.19. The number of hydrogen-bond acceptors (Lipinski definition) is 6. The van der Waals surface area contributed by atoms with Crippen molar-refractivity contribution in [1.29, 1.82) is 0 Å². The third-order valence-electron chi connectivity index (χ3n) is 1.78. The first-order valence-electron chi connectivity index (χ1n) is 4.80. The van der Waals surface area contributed by atoms with Crippen molar-refractivity contribution in [2.45, 2.75) is 19.3 Å². The zero-order valence-electron chi connectivity index (χ0n) is 9.39. The van der Waals surface area contributed by atoms with E-state index in [0.29, 0.717) is 25.8 Å². The third kappa shape index (κ3) is 7.60. The van der Waals surface area contributed by atoms with E-state index >= 15 is 0 Å². The average Bonchev–Trinajstić information content (AvgIpc) is 2.26. The Balaban J connectivity index is 3.64. The molecule has 0 fully saturated rings. The van der Waals surface area contributed by atoms with Crippen LogP contribution in [0.3, 0.4) is 0 Å². The van der Waals surface area contributed by atoms with Crippen molar-refractivity contribution >= 4 is 5.97 Å². The predicted molar refractivity (Wildman–Crippen MR) is 56.0 cm³/mol. The summed E-state index contributed by atoms with van der Waals surface area (Å²) in [4.78, 5) is 20.3. The maximum Gasteiger partial charge on any atom is 0.305 e. The Hall–Kier alpha value is -1.79. The molecule has 0 aromatic heterocycles. The second-order valence-corrected chi connectivity index (χ2v) is 2.94. The molecule has 1 N–H and O–H groups in total. The molecule has 7 heteroatoms. The molecule has 92 valence electrons. The van der Waals surface area contributed by atoms with Gasteiger partial charge in [0.05, 0.1) is 19.1 Å². The number of rotatable bonds is 8. The van der Waals surface area contributed by atoms with E-state index in [9.17, 15) is 14.9 Å². The molecule has 0 bridgehead atoms. The van der Waals surface area contributed by atoms with Crippen LogP contribution in [-0.2, 0) is 14.3 Å². The topological polar surface area (TPSA) is 90.7 Å². The van der Waals surface area contributed by atoms with Crippen LogP contribution >= 0.6 is 0 Å². The molecule has 0 saturated carbocycles. The number of nitro groups is 1. The molecule has 0 radical (unpaired) electrons. The summed E-state index contributed by atoms with van der Waals surface area (Å²) >= 11 is 0. The van der Waals surface area contributed by atoms with Crippen molar-refractivity contribution in [3.63, 3.8) is 0 Å².